The number of nitrogens with zero attached hydrogens (tertiary/aromatic N) is 6. The quantitative estimate of drug-likeness (QED) is 0.483. The summed E-state index contributed by atoms with van der Waals surface area (Å²) < 4.78 is 20.3. The van der Waals surface area contributed by atoms with E-state index in [-0.39, 0.29) is 17.4 Å². The zero-order valence-corrected chi connectivity index (χ0v) is 22.3. The Morgan fingerprint density at radius 2 is 2.08 bits per heavy atom. The number of nitrogens with one attached hydrogen (secondary N) is 2. The Bertz CT molecular complexity index is 1640. The summed E-state index contributed by atoms with van der Waals surface area (Å²) in [5.74, 6) is 0.900. The van der Waals surface area contributed by atoms with Crippen molar-refractivity contribution in [3.05, 3.63) is 70.4 Å². The number of ether oxygens (including phenoxy) is 1. The predicted molar refractivity (Wildman–Crippen MR) is 150 cm³/mol. The second-order valence-electron chi connectivity index (χ2n) is 10.5. The first-order valence-corrected chi connectivity index (χ1v) is 13.0. The normalized spacial score (nSPS) is 16.2. The van der Waals surface area contributed by atoms with E-state index in [1.807, 2.05) is 17.9 Å². The lowest BCUT2D eigenvalue weighted by molar-refractivity contribution is 0.0208. The number of benzene rings is 1. The van der Waals surface area contributed by atoms with Gasteiger partial charge in [-0.2, -0.15) is 10.2 Å². The molecule has 6 rings (SSSR count). The molecule has 0 unspecified atom stereocenters. The van der Waals surface area contributed by atoms with Crippen LogP contribution in [0.4, 0.5) is 21.8 Å². The van der Waals surface area contributed by atoms with Gasteiger partial charge in [0.1, 0.15) is 23.2 Å². The van der Waals surface area contributed by atoms with E-state index in [1.165, 1.54) is 12.3 Å². The number of halogens is 1. The standard InChI is InChI=1S/C29H27FN8O2/c1-16-8-22(30)23(36-27(39)24-10-18(4-5-32-24)29(2,3)15-31)11-20(16)21-9-17-12-34-28(35-19-13-40-14-19)37-25(17)38-7-6-33-26(21)38/h4-5,8-12,19H,6-7,13-14H2,1-3H3,(H,36,39)(H,34,35,37). The summed E-state index contributed by atoms with van der Waals surface area (Å²) in [7, 11) is 0. The van der Waals surface area contributed by atoms with Gasteiger partial charge in [-0.1, -0.05) is 0 Å². The number of pyridine rings is 1. The molecule has 1 amide bonds. The molecule has 0 aliphatic carbocycles. The fourth-order valence-electron chi connectivity index (χ4n) is 4.83. The molecule has 0 saturated carbocycles. The van der Waals surface area contributed by atoms with Crippen LogP contribution in [0, 0.1) is 24.1 Å². The van der Waals surface area contributed by atoms with Gasteiger partial charge in [0, 0.05) is 30.1 Å². The van der Waals surface area contributed by atoms with Crippen LogP contribution >= 0.6 is 0 Å². The molecule has 3 aliphatic rings. The molecule has 2 aromatic heterocycles. The van der Waals surface area contributed by atoms with Crippen molar-refractivity contribution in [2.24, 2.45) is 4.99 Å². The number of amidine groups is 1. The number of aromatic nitrogens is 3. The molecule has 3 aliphatic heterocycles. The number of carbonyl (C=O) groups excluding carboxylic acids is 1. The van der Waals surface area contributed by atoms with Gasteiger partial charge in [-0.25, -0.2) is 9.37 Å². The number of anilines is 3. The van der Waals surface area contributed by atoms with Gasteiger partial charge in [0.05, 0.1) is 43.0 Å². The average molecular weight is 539 g/mol. The molecule has 0 radical (unpaired) electrons. The molecule has 0 spiro atoms. The predicted octanol–water partition coefficient (Wildman–Crippen LogP) is 3.96. The Morgan fingerprint density at radius 3 is 2.83 bits per heavy atom. The summed E-state index contributed by atoms with van der Waals surface area (Å²) in [6.07, 6.45) is 5.19. The topological polar surface area (TPSA) is 128 Å². The van der Waals surface area contributed by atoms with Crippen LogP contribution in [0.25, 0.3) is 11.6 Å². The van der Waals surface area contributed by atoms with Crippen molar-refractivity contribution in [1.82, 2.24) is 15.0 Å². The van der Waals surface area contributed by atoms with Crippen molar-refractivity contribution >= 4 is 40.8 Å². The number of fused-ring (bicyclic) bond motifs is 3. The summed E-state index contributed by atoms with van der Waals surface area (Å²) in [5, 5.41) is 15.4. The summed E-state index contributed by atoms with van der Waals surface area (Å²) >= 11 is 0. The van der Waals surface area contributed by atoms with Gasteiger partial charge in [-0.15, -0.1) is 0 Å². The highest BCUT2D eigenvalue weighted by molar-refractivity contribution is 6.36. The lowest BCUT2D eigenvalue weighted by Gasteiger charge is -2.30. The summed E-state index contributed by atoms with van der Waals surface area (Å²) in [5.41, 5.74) is 3.00. The van der Waals surface area contributed by atoms with Crippen LogP contribution in [-0.2, 0) is 10.2 Å². The number of hydrogen-bond donors (Lipinski definition) is 2. The van der Waals surface area contributed by atoms with E-state index >= 15 is 4.39 Å². The maximum Gasteiger partial charge on any atom is 0.274 e. The van der Waals surface area contributed by atoms with E-state index < -0.39 is 17.1 Å². The Balaban J connectivity index is 1.33. The Hall–Kier alpha value is -4.69. The van der Waals surface area contributed by atoms with Crippen LogP contribution in [0.5, 0.6) is 0 Å². The van der Waals surface area contributed by atoms with Gasteiger partial charge in [0.25, 0.3) is 5.91 Å². The summed E-state index contributed by atoms with van der Waals surface area (Å²) in [4.78, 5) is 33.2. The van der Waals surface area contributed by atoms with Gasteiger partial charge in [-0.05, 0) is 67.8 Å². The van der Waals surface area contributed by atoms with E-state index in [4.69, 9.17) is 14.7 Å². The van der Waals surface area contributed by atoms with E-state index in [9.17, 15) is 10.1 Å². The third-order valence-electron chi connectivity index (χ3n) is 7.25. The number of aliphatic imine (C=N–C) groups is 1. The molecule has 202 valence electrons. The molecule has 40 heavy (non-hydrogen) atoms. The van der Waals surface area contributed by atoms with E-state index in [0.29, 0.717) is 43.4 Å². The second-order valence-corrected chi connectivity index (χ2v) is 10.5. The van der Waals surface area contributed by atoms with Crippen molar-refractivity contribution in [3.63, 3.8) is 0 Å². The van der Waals surface area contributed by atoms with Gasteiger partial charge in [0.2, 0.25) is 5.95 Å². The highest BCUT2D eigenvalue weighted by atomic mass is 19.1. The number of hydrogen-bond acceptors (Lipinski definition) is 9. The first-order valence-electron chi connectivity index (χ1n) is 13.0. The van der Waals surface area contributed by atoms with Crippen molar-refractivity contribution in [2.45, 2.75) is 32.2 Å². The summed E-state index contributed by atoms with van der Waals surface area (Å²) in [6.45, 7) is 7.85. The SMILES string of the molecule is Cc1cc(F)c(NC(=O)c2cc(C(C)(C)C#N)ccn2)cc1C1=Cc2cnc(NC3COC3)nc2N2CCN=C12. The summed E-state index contributed by atoms with van der Waals surface area (Å²) in [6, 6.07) is 8.68. The number of amides is 1. The molecule has 10 nitrogen and oxygen atoms in total. The van der Waals surface area contributed by atoms with Crippen molar-refractivity contribution in [2.75, 3.05) is 41.8 Å². The number of aryl methyl sites for hydroxylation is 1. The Kier molecular flexibility index (Phi) is 6.27. The van der Waals surface area contributed by atoms with Crippen molar-refractivity contribution in [1.29, 1.82) is 5.26 Å². The minimum Gasteiger partial charge on any atom is -0.377 e. The van der Waals surface area contributed by atoms with Crippen LogP contribution in [0.2, 0.25) is 0 Å². The molecular weight excluding hydrogens is 511 g/mol. The Morgan fingerprint density at radius 1 is 1.25 bits per heavy atom. The van der Waals surface area contributed by atoms with E-state index in [2.05, 4.69) is 26.7 Å². The van der Waals surface area contributed by atoms with Crippen LogP contribution in [0.3, 0.4) is 0 Å². The fraction of sp³-hybridized carbons (Fsp3) is 0.310. The van der Waals surface area contributed by atoms with Gasteiger partial charge >= 0.3 is 0 Å². The van der Waals surface area contributed by atoms with Gasteiger partial charge in [0.15, 0.2) is 0 Å². The molecule has 1 aromatic carbocycles. The smallest absolute Gasteiger partial charge is 0.274 e. The maximum absolute atomic E-state index is 15.1. The zero-order chi connectivity index (χ0) is 28.0. The van der Waals surface area contributed by atoms with Crippen molar-refractivity contribution < 1.29 is 13.9 Å². The molecule has 1 fully saturated rings. The largest absolute Gasteiger partial charge is 0.377 e. The minimum atomic E-state index is -0.802. The van der Waals surface area contributed by atoms with E-state index in [1.54, 1.807) is 38.2 Å². The third kappa shape index (κ3) is 4.56. The second kappa shape index (κ2) is 9.81. The highest BCUT2D eigenvalue weighted by Gasteiger charge is 2.32. The molecule has 0 bridgehead atoms. The lowest BCUT2D eigenvalue weighted by Crippen LogP contribution is -2.41. The molecular formula is C29H27FN8O2. The highest BCUT2D eigenvalue weighted by Crippen LogP contribution is 2.37. The molecule has 2 N–H and O–H groups in total. The van der Waals surface area contributed by atoms with Gasteiger partial charge in [-0.3, -0.25) is 14.8 Å². The Labute approximate surface area is 230 Å². The van der Waals surface area contributed by atoms with Gasteiger partial charge < -0.3 is 20.3 Å². The van der Waals surface area contributed by atoms with Crippen LogP contribution in [-0.4, -0.2) is 59.0 Å². The fourth-order valence-corrected chi connectivity index (χ4v) is 4.83. The molecule has 1 saturated heterocycles. The molecule has 11 heteroatoms. The average Bonchev–Trinajstić information content (AvgIpc) is 3.42. The molecule has 3 aromatic rings. The first-order chi connectivity index (χ1) is 19.2. The first kappa shape index (κ1) is 25.6. The maximum atomic E-state index is 15.1. The molecule has 5 heterocycles. The van der Waals surface area contributed by atoms with Crippen LogP contribution in [0.15, 0.2) is 41.7 Å². The minimum absolute atomic E-state index is 0.0210. The lowest BCUT2D eigenvalue weighted by atomic mass is 9.86. The zero-order valence-electron chi connectivity index (χ0n) is 22.3. The van der Waals surface area contributed by atoms with E-state index in [0.717, 1.165) is 28.4 Å². The van der Waals surface area contributed by atoms with Crippen LogP contribution < -0.4 is 15.5 Å². The number of carbonyl (C=O) groups is 1. The third-order valence-corrected chi connectivity index (χ3v) is 7.25. The number of rotatable bonds is 6. The van der Waals surface area contributed by atoms with Crippen LogP contribution in [0.1, 0.15) is 46.6 Å². The number of nitriles is 1. The van der Waals surface area contributed by atoms with Crippen molar-refractivity contribution in [3.8, 4) is 6.07 Å². The molecule has 0 atom stereocenters. The monoisotopic (exact) mass is 538 g/mol.